The van der Waals surface area contributed by atoms with Crippen LogP contribution in [-0.4, -0.2) is 0 Å². The third kappa shape index (κ3) is 0.956. The van der Waals surface area contributed by atoms with E-state index in [1.807, 2.05) is 24.3 Å². The lowest BCUT2D eigenvalue weighted by molar-refractivity contribution is 0.669. The number of rotatable bonds is 0. The molecule has 14 heavy (non-hydrogen) atoms. The van der Waals surface area contributed by atoms with Gasteiger partial charge in [0.25, 0.3) is 0 Å². The zero-order chi connectivity index (χ0) is 9.54. The molecule has 1 aromatic heterocycles. The van der Waals surface area contributed by atoms with Gasteiger partial charge in [-0.1, -0.05) is 17.7 Å². The minimum absolute atomic E-state index is 0.910. The van der Waals surface area contributed by atoms with Gasteiger partial charge in [0.2, 0.25) is 0 Å². The lowest BCUT2D eigenvalue weighted by Crippen LogP contribution is -1.69. The average molecular weight is 181 g/mol. The van der Waals surface area contributed by atoms with Gasteiger partial charge in [-0.05, 0) is 37.3 Å². The largest absolute Gasteiger partial charge is 0.456 e. The summed E-state index contributed by atoms with van der Waals surface area (Å²) in [5, 5.41) is 2.36. The zero-order valence-corrected chi connectivity index (χ0v) is 7.87. The molecule has 0 aliphatic rings. The predicted molar refractivity (Wildman–Crippen MR) is 57.3 cm³/mol. The van der Waals surface area contributed by atoms with E-state index in [4.69, 9.17) is 4.42 Å². The van der Waals surface area contributed by atoms with Crippen molar-refractivity contribution in [3.63, 3.8) is 0 Å². The van der Waals surface area contributed by atoms with Crippen molar-refractivity contribution < 1.29 is 4.42 Å². The Balaban J connectivity index is 2.58. The van der Waals surface area contributed by atoms with Crippen LogP contribution in [0.2, 0.25) is 0 Å². The van der Waals surface area contributed by atoms with Crippen LogP contribution in [0.4, 0.5) is 0 Å². The van der Waals surface area contributed by atoms with Crippen LogP contribution in [0.5, 0.6) is 0 Å². The van der Waals surface area contributed by atoms with Gasteiger partial charge in [-0.2, -0.15) is 0 Å². The van der Waals surface area contributed by atoms with Crippen LogP contribution >= 0.6 is 0 Å². The second-order valence-electron chi connectivity index (χ2n) is 3.52. The van der Waals surface area contributed by atoms with Crippen molar-refractivity contribution in [1.82, 2.24) is 0 Å². The van der Waals surface area contributed by atoms with E-state index in [1.165, 1.54) is 16.3 Å². The van der Waals surface area contributed by atoms with E-state index >= 15 is 0 Å². The van der Waals surface area contributed by atoms with E-state index < -0.39 is 0 Å². The number of benzene rings is 2. The average Bonchev–Trinajstić information content (AvgIpc) is 2.56. The van der Waals surface area contributed by atoms with Gasteiger partial charge < -0.3 is 4.42 Å². The first kappa shape index (κ1) is 7.63. The molecule has 0 atom stereocenters. The van der Waals surface area contributed by atoms with Crippen molar-refractivity contribution in [2.75, 3.05) is 0 Å². The molecule has 0 spiro atoms. The highest BCUT2D eigenvalue weighted by atomic mass is 16.3. The molecule has 1 radical (unpaired) electrons. The Bertz CT molecular complexity index is 605. The molecule has 0 bridgehead atoms. The minimum atomic E-state index is 0.910. The monoisotopic (exact) mass is 181 g/mol. The normalized spacial score (nSPS) is 11.2. The Labute approximate surface area is 82.0 Å². The second-order valence-corrected chi connectivity index (χ2v) is 3.52. The zero-order valence-electron chi connectivity index (χ0n) is 7.87. The summed E-state index contributed by atoms with van der Waals surface area (Å²) in [4.78, 5) is 0. The Morgan fingerprint density at radius 3 is 2.93 bits per heavy atom. The quantitative estimate of drug-likeness (QED) is 0.515. The van der Waals surface area contributed by atoms with E-state index in [0.29, 0.717) is 0 Å². The van der Waals surface area contributed by atoms with E-state index in [-0.39, 0.29) is 0 Å². The summed E-state index contributed by atoms with van der Waals surface area (Å²) in [7, 11) is 0. The minimum Gasteiger partial charge on any atom is -0.456 e. The van der Waals surface area contributed by atoms with Gasteiger partial charge >= 0.3 is 0 Å². The Hall–Kier alpha value is -1.76. The topological polar surface area (TPSA) is 13.1 Å². The first-order valence-electron chi connectivity index (χ1n) is 4.63. The summed E-state index contributed by atoms with van der Waals surface area (Å²) in [5.74, 6) is 0. The maximum Gasteiger partial charge on any atom is 0.136 e. The van der Waals surface area contributed by atoms with Gasteiger partial charge in [0.05, 0.1) is 0 Å². The van der Waals surface area contributed by atoms with Crippen molar-refractivity contribution in [2.45, 2.75) is 6.92 Å². The fraction of sp³-hybridized carbons (Fsp3) is 0.0769. The van der Waals surface area contributed by atoms with Crippen molar-refractivity contribution in [3.8, 4) is 0 Å². The molecule has 1 heterocycles. The van der Waals surface area contributed by atoms with Crippen LogP contribution in [0.15, 0.2) is 40.8 Å². The molecule has 0 saturated carbocycles. The Kier molecular flexibility index (Phi) is 1.42. The number of aryl methyl sites for hydroxylation is 1. The van der Waals surface area contributed by atoms with E-state index in [1.54, 1.807) is 0 Å². The lowest BCUT2D eigenvalue weighted by atomic mass is 10.1. The van der Waals surface area contributed by atoms with Crippen LogP contribution in [0, 0.1) is 13.0 Å². The molecule has 3 rings (SSSR count). The molecule has 1 heteroatoms. The maximum atomic E-state index is 5.68. The van der Waals surface area contributed by atoms with Gasteiger partial charge in [0, 0.05) is 10.8 Å². The lowest BCUT2D eigenvalue weighted by Gasteiger charge is -1.90. The SMILES string of the molecule is Cc1ccc2oc3c[c]ccc3c2c1. The fourth-order valence-corrected chi connectivity index (χ4v) is 1.78. The van der Waals surface area contributed by atoms with Crippen molar-refractivity contribution in [2.24, 2.45) is 0 Å². The second kappa shape index (κ2) is 2.61. The third-order valence-corrected chi connectivity index (χ3v) is 2.47. The van der Waals surface area contributed by atoms with E-state index in [0.717, 1.165) is 11.2 Å². The van der Waals surface area contributed by atoms with Gasteiger partial charge in [0.1, 0.15) is 11.2 Å². The smallest absolute Gasteiger partial charge is 0.136 e. The van der Waals surface area contributed by atoms with Crippen LogP contribution in [0.3, 0.4) is 0 Å². The summed E-state index contributed by atoms with van der Waals surface area (Å²) >= 11 is 0. The highest BCUT2D eigenvalue weighted by Crippen LogP contribution is 2.28. The molecule has 0 fully saturated rings. The molecule has 3 aromatic rings. The van der Waals surface area contributed by atoms with Crippen LogP contribution in [0.25, 0.3) is 21.9 Å². The van der Waals surface area contributed by atoms with Crippen LogP contribution in [0.1, 0.15) is 5.56 Å². The molecular formula is C13H9O. The summed E-state index contributed by atoms with van der Waals surface area (Å²) in [5.41, 5.74) is 3.12. The van der Waals surface area contributed by atoms with Gasteiger partial charge in [-0.3, -0.25) is 0 Å². The van der Waals surface area contributed by atoms with Gasteiger partial charge in [-0.25, -0.2) is 0 Å². The molecule has 1 nitrogen and oxygen atoms in total. The van der Waals surface area contributed by atoms with Crippen molar-refractivity contribution in [3.05, 3.63) is 48.0 Å². The fourth-order valence-electron chi connectivity index (χ4n) is 1.78. The maximum absolute atomic E-state index is 5.68. The highest BCUT2D eigenvalue weighted by molar-refractivity contribution is 6.04. The number of fused-ring (bicyclic) bond motifs is 3. The number of hydrogen-bond donors (Lipinski definition) is 0. The molecule has 0 amide bonds. The summed E-state index contributed by atoms with van der Waals surface area (Å²) < 4.78 is 5.68. The molecule has 2 aromatic carbocycles. The molecule has 0 N–H and O–H groups in total. The van der Waals surface area contributed by atoms with E-state index in [2.05, 4.69) is 25.1 Å². The first-order valence-corrected chi connectivity index (χ1v) is 4.63. The van der Waals surface area contributed by atoms with Crippen LogP contribution in [-0.2, 0) is 0 Å². The Morgan fingerprint density at radius 1 is 1.07 bits per heavy atom. The standard InChI is InChI=1S/C13H9O/c1-9-6-7-13-11(8-9)10-4-2-3-5-12(10)14-13/h2,4-8H,1H3. The van der Waals surface area contributed by atoms with Crippen molar-refractivity contribution >= 4 is 21.9 Å². The first-order chi connectivity index (χ1) is 6.84. The summed E-state index contributed by atoms with van der Waals surface area (Å²) in [6.45, 7) is 2.09. The van der Waals surface area contributed by atoms with Crippen molar-refractivity contribution in [1.29, 1.82) is 0 Å². The van der Waals surface area contributed by atoms with Gasteiger partial charge in [-0.15, -0.1) is 0 Å². The van der Waals surface area contributed by atoms with E-state index in [9.17, 15) is 0 Å². The molecule has 0 aliphatic heterocycles. The molecule has 0 unspecified atom stereocenters. The third-order valence-electron chi connectivity index (χ3n) is 2.47. The van der Waals surface area contributed by atoms with Gasteiger partial charge in [0.15, 0.2) is 0 Å². The number of hydrogen-bond acceptors (Lipinski definition) is 1. The number of furan rings is 1. The molecular weight excluding hydrogens is 172 g/mol. The molecule has 67 valence electrons. The predicted octanol–water partition coefficient (Wildman–Crippen LogP) is 3.69. The summed E-state index contributed by atoms with van der Waals surface area (Å²) in [6, 6.07) is 15.1. The summed E-state index contributed by atoms with van der Waals surface area (Å²) in [6.07, 6.45) is 0. The molecule has 0 aliphatic carbocycles. The highest BCUT2D eigenvalue weighted by Gasteiger charge is 2.04. The van der Waals surface area contributed by atoms with Crippen LogP contribution < -0.4 is 0 Å². The Morgan fingerprint density at radius 2 is 2.00 bits per heavy atom. The molecule has 0 saturated heterocycles.